The Hall–Kier alpha value is -0.380. The molecule has 0 unspecified atom stereocenters. The van der Waals surface area contributed by atoms with E-state index in [1.165, 1.54) is 0 Å². The number of aliphatic hydroxyl groups excluding tert-OH is 1. The number of ether oxygens (including phenoxy) is 2. The highest BCUT2D eigenvalue weighted by molar-refractivity contribution is 4.77. The zero-order valence-electron chi connectivity index (χ0n) is 5.12. The first-order valence-corrected chi connectivity index (χ1v) is 2.87. The van der Waals surface area contributed by atoms with Gasteiger partial charge in [-0.15, -0.1) is 0 Å². The van der Waals surface area contributed by atoms with Gasteiger partial charge in [0.1, 0.15) is 6.10 Å². The second kappa shape index (κ2) is 2.96. The third-order valence-corrected chi connectivity index (χ3v) is 1.17. The minimum absolute atomic E-state index is 0.0182. The molecule has 2 atom stereocenters. The summed E-state index contributed by atoms with van der Waals surface area (Å²) < 4.78 is 10.1. The first kappa shape index (κ1) is 6.74. The third-order valence-electron chi connectivity index (χ3n) is 1.17. The summed E-state index contributed by atoms with van der Waals surface area (Å²) in [5.74, 6) is 0. The van der Waals surface area contributed by atoms with Crippen LogP contribution in [0, 0.1) is 0 Å². The Bertz CT molecular complexity index is 102. The minimum Gasteiger partial charge on any atom is -0.394 e. The van der Waals surface area contributed by atoms with Gasteiger partial charge in [-0.25, -0.2) is 0 Å². The Morgan fingerprint density at radius 3 is 2.89 bits per heavy atom. The van der Waals surface area contributed by atoms with Crippen molar-refractivity contribution in [3.63, 3.8) is 0 Å². The summed E-state index contributed by atoms with van der Waals surface area (Å²) in [5, 5.41) is 8.54. The molecule has 9 heavy (non-hydrogen) atoms. The fraction of sp³-hybridized carbons (Fsp3) is 0.667. The second-order valence-corrected chi connectivity index (χ2v) is 1.88. The van der Waals surface area contributed by atoms with Crippen LogP contribution in [0.25, 0.3) is 0 Å². The Morgan fingerprint density at radius 2 is 2.56 bits per heavy atom. The van der Waals surface area contributed by atoms with E-state index in [0.29, 0.717) is 6.61 Å². The number of hydrogen-bond acceptors (Lipinski definition) is 3. The van der Waals surface area contributed by atoms with Crippen molar-refractivity contribution in [3.05, 3.63) is 12.7 Å². The maximum atomic E-state index is 8.54. The molecular weight excluding hydrogens is 120 g/mol. The number of aliphatic hydroxyl groups is 1. The van der Waals surface area contributed by atoms with Gasteiger partial charge in [0.2, 0.25) is 0 Å². The van der Waals surface area contributed by atoms with Crippen LogP contribution in [0.2, 0.25) is 0 Å². The van der Waals surface area contributed by atoms with Crippen LogP contribution >= 0.6 is 0 Å². The van der Waals surface area contributed by atoms with Crippen LogP contribution in [-0.2, 0) is 9.47 Å². The maximum absolute atomic E-state index is 8.54. The van der Waals surface area contributed by atoms with Crippen LogP contribution in [0.1, 0.15) is 0 Å². The van der Waals surface area contributed by atoms with E-state index in [1.807, 2.05) is 0 Å². The lowest BCUT2D eigenvalue weighted by atomic mass is 10.4. The Labute approximate surface area is 53.9 Å². The zero-order chi connectivity index (χ0) is 6.69. The number of hydrogen-bond donors (Lipinski definition) is 1. The summed E-state index contributed by atoms with van der Waals surface area (Å²) in [6, 6.07) is 0. The smallest absolute Gasteiger partial charge is 0.177 e. The lowest BCUT2D eigenvalue weighted by Gasteiger charge is -2.02. The van der Waals surface area contributed by atoms with E-state index in [9.17, 15) is 0 Å². The molecule has 0 aromatic carbocycles. The number of rotatable bonds is 2. The highest BCUT2D eigenvalue weighted by atomic mass is 16.7. The van der Waals surface area contributed by atoms with Crippen LogP contribution in [-0.4, -0.2) is 30.7 Å². The lowest BCUT2D eigenvalue weighted by Crippen LogP contribution is -2.15. The standard InChI is InChI=1S/C6H10O3/c1-2-6-8-4-5(3-7)9-6/h2,5-7H,1,3-4H2/t5-,6+/m0/s1. The van der Waals surface area contributed by atoms with Crippen molar-refractivity contribution in [2.45, 2.75) is 12.4 Å². The van der Waals surface area contributed by atoms with Crippen LogP contribution in [0.4, 0.5) is 0 Å². The van der Waals surface area contributed by atoms with E-state index in [4.69, 9.17) is 14.6 Å². The first-order valence-electron chi connectivity index (χ1n) is 2.87. The van der Waals surface area contributed by atoms with Crippen LogP contribution in [0.5, 0.6) is 0 Å². The van der Waals surface area contributed by atoms with Gasteiger partial charge < -0.3 is 14.6 Å². The summed E-state index contributed by atoms with van der Waals surface area (Å²) in [5.41, 5.74) is 0. The van der Waals surface area contributed by atoms with Gasteiger partial charge in [0.05, 0.1) is 13.2 Å². The molecule has 3 heteroatoms. The van der Waals surface area contributed by atoms with E-state index in [2.05, 4.69) is 6.58 Å². The predicted molar refractivity (Wildman–Crippen MR) is 31.9 cm³/mol. The normalized spacial score (nSPS) is 34.8. The monoisotopic (exact) mass is 130 g/mol. The van der Waals surface area contributed by atoms with Crippen molar-refractivity contribution in [1.82, 2.24) is 0 Å². The van der Waals surface area contributed by atoms with Crippen LogP contribution in [0.15, 0.2) is 12.7 Å². The molecule has 1 fully saturated rings. The quantitative estimate of drug-likeness (QED) is 0.531. The van der Waals surface area contributed by atoms with Gasteiger partial charge in [0.15, 0.2) is 6.29 Å². The van der Waals surface area contributed by atoms with Crippen molar-refractivity contribution in [1.29, 1.82) is 0 Å². The molecule has 1 aliphatic rings. The molecule has 3 nitrogen and oxygen atoms in total. The molecule has 0 spiro atoms. The topological polar surface area (TPSA) is 38.7 Å². The fourth-order valence-electron chi connectivity index (χ4n) is 0.690. The van der Waals surface area contributed by atoms with Gasteiger partial charge in [0.25, 0.3) is 0 Å². The molecule has 0 aromatic rings. The summed E-state index contributed by atoms with van der Waals surface area (Å²) in [6.07, 6.45) is 1.09. The summed E-state index contributed by atoms with van der Waals surface area (Å²) in [6.45, 7) is 3.96. The maximum Gasteiger partial charge on any atom is 0.177 e. The Balaban J connectivity index is 2.28. The van der Waals surface area contributed by atoms with Crippen molar-refractivity contribution in [2.75, 3.05) is 13.2 Å². The Morgan fingerprint density at radius 1 is 1.78 bits per heavy atom. The SMILES string of the molecule is C=C[C@@H]1OC[C@H](CO)O1. The molecule has 0 amide bonds. The molecule has 1 saturated heterocycles. The molecule has 0 aromatic heterocycles. The largest absolute Gasteiger partial charge is 0.394 e. The van der Waals surface area contributed by atoms with Crippen molar-refractivity contribution < 1.29 is 14.6 Å². The van der Waals surface area contributed by atoms with E-state index < -0.39 is 0 Å². The van der Waals surface area contributed by atoms with Crippen LogP contribution in [0.3, 0.4) is 0 Å². The van der Waals surface area contributed by atoms with Gasteiger partial charge in [0, 0.05) is 0 Å². The van der Waals surface area contributed by atoms with E-state index in [1.54, 1.807) is 6.08 Å². The zero-order valence-corrected chi connectivity index (χ0v) is 5.12. The summed E-state index contributed by atoms with van der Waals surface area (Å²) >= 11 is 0. The van der Waals surface area contributed by atoms with Gasteiger partial charge in [-0.05, 0) is 6.08 Å². The van der Waals surface area contributed by atoms with E-state index in [0.717, 1.165) is 0 Å². The molecule has 0 bridgehead atoms. The van der Waals surface area contributed by atoms with E-state index >= 15 is 0 Å². The highest BCUT2D eigenvalue weighted by Gasteiger charge is 2.21. The lowest BCUT2D eigenvalue weighted by molar-refractivity contribution is -0.0296. The molecule has 0 saturated carbocycles. The summed E-state index contributed by atoms with van der Waals surface area (Å²) in [7, 11) is 0. The molecular formula is C6H10O3. The van der Waals surface area contributed by atoms with Gasteiger partial charge in [-0.1, -0.05) is 6.58 Å². The van der Waals surface area contributed by atoms with Gasteiger partial charge >= 0.3 is 0 Å². The molecule has 0 radical (unpaired) electrons. The van der Waals surface area contributed by atoms with Crippen molar-refractivity contribution in [2.24, 2.45) is 0 Å². The van der Waals surface area contributed by atoms with Crippen molar-refractivity contribution in [3.8, 4) is 0 Å². The fourth-order valence-corrected chi connectivity index (χ4v) is 0.690. The molecule has 1 rings (SSSR count). The molecule has 1 heterocycles. The third kappa shape index (κ3) is 1.51. The molecule has 0 aliphatic carbocycles. The van der Waals surface area contributed by atoms with Crippen molar-refractivity contribution >= 4 is 0 Å². The molecule has 1 N–H and O–H groups in total. The summed E-state index contributed by atoms with van der Waals surface area (Å²) in [4.78, 5) is 0. The molecule has 52 valence electrons. The highest BCUT2D eigenvalue weighted by Crippen LogP contribution is 2.10. The van der Waals surface area contributed by atoms with Crippen LogP contribution < -0.4 is 0 Å². The van der Waals surface area contributed by atoms with Gasteiger partial charge in [-0.3, -0.25) is 0 Å². The minimum atomic E-state index is -0.317. The Kier molecular flexibility index (Phi) is 2.22. The molecule has 1 aliphatic heterocycles. The average Bonchev–Trinajstić information content (AvgIpc) is 2.34. The average molecular weight is 130 g/mol. The van der Waals surface area contributed by atoms with Gasteiger partial charge in [-0.2, -0.15) is 0 Å². The second-order valence-electron chi connectivity index (χ2n) is 1.88. The predicted octanol–water partition coefficient (Wildman–Crippen LogP) is -0.0938. The first-order chi connectivity index (χ1) is 4.36. The van der Waals surface area contributed by atoms with E-state index in [-0.39, 0.29) is 19.0 Å².